The Morgan fingerprint density at radius 2 is 2.29 bits per heavy atom. The Hall–Kier alpha value is -0.870. The molecule has 2 atom stereocenters. The standard InChI is InChI=1S/C13H19NO2S/c1-2-17(15)8-7-14-10-12-9-11-5-3-4-6-13(11)16-12/h3-6,12,14H,2,7-10H2,1H3. The molecule has 0 saturated carbocycles. The summed E-state index contributed by atoms with van der Waals surface area (Å²) < 4.78 is 17.0. The van der Waals surface area contributed by atoms with E-state index >= 15 is 0 Å². The second-order valence-electron chi connectivity index (χ2n) is 4.19. The molecule has 4 heteroatoms. The highest BCUT2D eigenvalue weighted by Crippen LogP contribution is 2.27. The summed E-state index contributed by atoms with van der Waals surface area (Å²) in [6.07, 6.45) is 1.20. The van der Waals surface area contributed by atoms with E-state index in [0.717, 1.165) is 36.8 Å². The van der Waals surface area contributed by atoms with Gasteiger partial charge in [-0.2, -0.15) is 0 Å². The summed E-state index contributed by atoms with van der Waals surface area (Å²) in [6.45, 7) is 3.58. The molecule has 3 nitrogen and oxygen atoms in total. The van der Waals surface area contributed by atoms with Crippen molar-refractivity contribution >= 4 is 10.8 Å². The lowest BCUT2D eigenvalue weighted by Gasteiger charge is -2.11. The molecule has 0 aliphatic carbocycles. The van der Waals surface area contributed by atoms with Crippen LogP contribution in [0, 0.1) is 0 Å². The van der Waals surface area contributed by atoms with Crippen LogP contribution in [0.2, 0.25) is 0 Å². The third kappa shape index (κ3) is 3.54. The van der Waals surface area contributed by atoms with E-state index in [-0.39, 0.29) is 6.10 Å². The Labute approximate surface area is 105 Å². The number of fused-ring (bicyclic) bond motifs is 1. The largest absolute Gasteiger partial charge is 0.488 e. The van der Waals surface area contributed by atoms with Crippen LogP contribution in [0.15, 0.2) is 24.3 Å². The van der Waals surface area contributed by atoms with Gasteiger partial charge in [-0.15, -0.1) is 0 Å². The molecule has 0 radical (unpaired) electrons. The lowest BCUT2D eigenvalue weighted by molar-refractivity contribution is 0.229. The number of hydrogen-bond donors (Lipinski definition) is 1. The van der Waals surface area contributed by atoms with E-state index in [2.05, 4.69) is 11.4 Å². The summed E-state index contributed by atoms with van der Waals surface area (Å²) in [5, 5.41) is 3.31. The predicted octanol–water partition coefficient (Wildman–Crippen LogP) is 1.35. The molecule has 0 amide bonds. The first-order valence-corrected chi connectivity index (χ1v) is 7.58. The van der Waals surface area contributed by atoms with Crippen LogP contribution in [0.4, 0.5) is 0 Å². The molecular weight excluding hydrogens is 234 g/mol. The Morgan fingerprint density at radius 1 is 1.47 bits per heavy atom. The highest BCUT2D eigenvalue weighted by molar-refractivity contribution is 7.84. The summed E-state index contributed by atoms with van der Waals surface area (Å²) in [4.78, 5) is 0. The Morgan fingerprint density at radius 3 is 3.06 bits per heavy atom. The zero-order chi connectivity index (χ0) is 12.1. The maximum atomic E-state index is 11.2. The minimum absolute atomic E-state index is 0.225. The van der Waals surface area contributed by atoms with E-state index in [1.807, 2.05) is 25.1 Å². The Bertz CT molecular complexity index is 370. The second kappa shape index (κ2) is 6.17. The minimum atomic E-state index is -0.673. The molecule has 0 spiro atoms. The van der Waals surface area contributed by atoms with Crippen molar-refractivity contribution in [1.29, 1.82) is 0 Å². The normalized spacial score (nSPS) is 19.7. The summed E-state index contributed by atoms with van der Waals surface area (Å²) in [5.74, 6) is 2.49. The minimum Gasteiger partial charge on any atom is -0.488 e. The highest BCUT2D eigenvalue weighted by atomic mass is 32.2. The number of benzene rings is 1. The quantitative estimate of drug-likeness (QED) is 0.778. The van der Waals surface area contributed by atoms with Crippen LogP contribution >= 0.6 is 0 Å². The molecule has 2 rings (SSSR count). The molecular formula is C13H19NO2S. The van der Waals surface area contributed by atoms with Gasteiger partial charge in [-0.05, 0) is 11.6 Å². The van der Waals surface area contributed by atoms with Crippen LogP contribution in [0.1, 0.15) is 12.5 Å². The predicted molar refractivity (Wildman–Crippen MR) is 71.0 cm³/mol. The highest BCUT2D eigenvalue weighted by Gasteiger charge is 2.21. The van der Waals surface area contributed by atoms with E-state index in [1.165, 1.54) is 5.56 Å². The third-order valence-electron chi connectivity index (χ3n) is 2.91. The SMILES string of the molecule is CCS(=O)CCNCC1Cc2ccccc2O1. The van der Waals surface area contributed by atoms with Gasteiger partial charge in [-0.1, -0.05) is 25.1 Å². The van der Waals surface area contributed by atoms with Crippen LogP contribution < -0.4 is 10.1 Å². The monoisotopic (exact) mass is 253 g/mol. The van der Waals surface area contributed by atoms with Gasteiger partial charge < -0.3 is 10.1 Å². The number of para-hydroxylation sites is 1. The topological polar surface area (TPSA) is 38.3 Å². The molecule has 2 unspecified atom stereocenters. The maximum absolute atomic E-state index is 11.2. The molecule has 1 aliphatic rings. The molecule has 17 heavy (non-hydrogen) atoms. The zero-order valence-electron chi connectivity index (χ0n) is 10.1. The first-order chi connectivity index (χ1) is 8.29. The number of ether oxygens (including phenoxy) is 1. The summed E-state index contributed by atoms with van der Waals surface area (Å²) in [7, 11) is -0.673. The molecule has 1 heterocycles. The molecule has 0 bridgehead atoms. The third-order valence-corrected chi connectivity index (χ3v) is 4.22. The average Bonchev–Trinajstić information content (AvgIpc) is 2.76. The first kappa shape index (κ1) is 12.6. The second-order valence-corrected chi connectivity index (χ2v) is 6.05. The fourth-order valence-electron chi connectivity index (χ4n) is 1.96. The van der Waals surface area contributed by atoms with Crippen molar-refractivity contribution in [1.82, 2.24) is 5.32 Å². The van der Waals surface area contributed by atoms with Gasteiger partial charge in [-0.25, -0.2) is 0 Å². The van der Waals surface area contributed by atoms with Gasteiger partial charge in [0.1, 0.15) is 11.9 Å². The zero-order valence-corrected chi connectivity index (χ0v) is 11.0. The number of nitrogens with one attached hydrogen (secondary N) is 1. The Balaban J connectivity index is 1.68. The molecule has 0 saturated heterocycles. The van der Waals surface area contributed by atoms with Crippen molar-refractivity contribution in [2.24, 2.45) is 0 Å². The first-order valence-electron chi connectivity index (χ1n) is 6.10. The number of hydrogen-bond acceptors (Lipinski definition) is 3. The average molecular weight is 253 g/mol. The van der Waals surface area contributed by atoms with E-state index in [4.69, 9.17) is 4.74 Å². The summed E-state index contributed by atoms with van der Waals surface area (Å²) >= 11 is 0. The fourth-order valence-corrected chi connectivity index (χ4v) is 2.62. The van der Waals surface area contributed by atoms with Crippen LogP contribution in [-0.4, -0.2) is 34.9 Å². The summed E-state index contributed by atoms with van der Waals surface area (Å²) in [5.41, 5.74) is 1.29. The molecule has 0 fully saturated rings. The smallest absolute Gasteiger partial charge is 0.123 e. The van der Waals surface area contributed by atoms with E-state index in [1.54, 1.807) is 0 Å². The van der Waals surface area contributed by atoms with Crippen molar-refractivity contribution in [2.75, 3.05) is 24.6 Å². The van der Waals surface area contributed by atoms with E-state index < -0.39 is 10.8 Å². The molecule has 0 aromatic heterocycles. The van der Waals surface area contributed by atoms with Crippen molar-refractivity contribution in [2.45, 2.75) is 19.4 Å². The van der Waals surface area contributed by atoms with E-state index in [0.29, 0.717) is 0 Å². The van der Waals surface area contributed by atoms with Crippen LogP contribution in [-0.2, 0) is 17.2 Å². The van der Waals surface area contributed by atoms with Crippen LogP contribution in [0.3, 0.4) is 0 Å². The molecule has 1 aromatic rings. The van der Waals surface area contributed by atoms with Gasteiger partial charge in [0.2, 0.25) is 0 Å². The molecule has 94 valence electrons. The van der Waals surface area contributed by atoms with Crippen molar-refractivity contribution < 1.29 is 8.95 Å². The van der Waals surface area contributed by atoms with Crippen LogP contribution in [0.25, 0.3) is 0 Å². The lowest BCUT2D eigenvalue weighted by atomic mass is 10.1. The van der Waals surface area contributed by atoms with Gasteiger partial charge in [-0.3, -0.25) is 4.21 Å². The fraction of sp³-hybridized carbons (Fsp3) is 0.538. The van der Waals surface area contributed by atoms with Gasteiger partial charge in [0.25, 0.3) is 0 Å². The number of rotatable bonds is 6. The van der Waals surface area contributed by atoms with Gasteiger partial charge >= 0.3 is 0 Å². The molecule has 1 aromatic carbocycles. The Kier molecular flexibility index (Phi) is 4.57. The summed E-state index contributed by atoms with van der Waals surface area (Å²) in [6, 6.07) is 8.17. The van der Waals surface area contributed by atoms with Crippen LogP contribution in [0.5, 0.6) is 5.75 Å². The molecule has 1 aliphatic heterocycles. The van der Waals surface area contributed by atoms with E-state index in [9.17, 15) is 4.21 Å². The van der Waals surface area contributed by atoms with Crippen molar-refractivity contribution in [3.63, 3.8) is 0 Å². The van der Waals surface area contributed by atoms with Crippen molar-refractivity contribution in [3.05, 3.63) is 29.8 Å². The van der Waals surface area contributed by atoms with Gasteiger partial charge in [0.15, 0.2) is 0 Å². The lowest BCUT2D eigenvalue weighted by Crippen LogP contribution is -2.32. The molecule has 1 N–H and O–H groups in total. The van der Waals surface area contributed by atoms with Gasteiger partial charge in [0, 0.05) is 41.8 Å². The van der Waals surface area contributed by atoms with Crippen molar-refractivity contribution in [3.8, 4) is 5.75 Å². The van der Waals surface area contributed by atoms with Gasteiger partial charge in [0.05, 0.1) is 0 Å². The maximum Gasteiger partial charge on any atom is 0.123 e.